The van der Waals surface area contributed by atoms with Gasteiger partial charge in [0.1, 0.15) is 23.5 Å². The number of piperidine rings is 2. The minimum Gasteiger partial charge on any atom is -0.496 e. The van der Waals surface area contributed by atoms with Crippen molar-refractivity contribution in [1.29, 1.82) is 0 Å². The van der Waals surface area contributed by atoms with Crippen molar-refractivity contribution in [3.05, 3.63) is 81.5 Å². The van der Waals surface area contributed by atoms with Gasteiger partial charge in [-0.15, -0.1) is 0 Å². The molecule has 0 radical (unpaired) electrons. The zero-order valence-corrected chi connectivity index (χ0v) is 36.6. The lowest BCUT2D eigenvalue weighted by Crippen LogP contribution is -2.51. The van der Waals surface area contributed by atoms with E-state index >= 15 is 0 Å². The molecule has 1 unspecified atom stereocenters. The molecule has 2 aliphatic carbocycles. The van der Waals surface area contributed by atoms with E-state index in [-0.39, 0.29) is 29.9 Å². The maximum absolute atomic E-state index is 13.3. The van der Waals surface area contributed by atoms with E-state index in [1.165, 1.54) is 12.8 Å². The molecule has 4 aromatic rings. The number of carbonyl (C=O) groups excluding carboxylic acids is 3. The fourth-order valence-corrected chi connectivity index (χ4v) is 10.6. The molecule has 4 fully saturated rings. The Morgan fingerprint density at radius 1 is 0.935 bits per heavy atom. The van der Waals surface area contributed by atoms with Gasteiger partial charge in [-0.2, -0.15) is 0 Å². The maximum atomic E-state index is 13.3. The van der Waals surface area contributed by atoms with Crippen LogP contribution in [0.2, 0.25) is 0 Å². The Bertz CT molecular complexity index is 2380. The molecule has 2 aromatic heterocycles. The average molecular weight is 845 g/mol. The van der Waals surface area contributed by atoms with Crippen molar-refractivity contribution < 1.29 is 28.6 Å². The highest BCUT2D eigenvalue weighted by Crippen LogP contribution is 2.51. The quantitative estimate of drug-likeness (QED) is 0.140. The number of benzene rings is 2. The number of amides is 2. The molecule has 9 rings (SSSR count). The van der Waals surface area contributed by atoms with Crippen LogP contribution in [-0.2, 0) is 29.7 Å². The zero-order chi connectivity index (χ0) is 43.1. The molecule has 2 aromatic carbocycles. The third kappa shape index (κ3) is 8.45. The summed E-state index contributed by atoms with van der Waals surface area (Å²) in [5.74, 6) is 3.12. The minimum absolute atomic E-state index is 0.0494. The van der Waals surface area contributed by atoms with Crippen LogP contribution in [0.5, 0.6) is 17.2 Å². The molecule has 2 saturated carbocycles. The second-order valence-electron chi connectivity index (χ2n) is 18.6. The van der Waals surface area contributed by atoms with E-state index in [4.69, 9.17) is 14.2 Å². The lowest BCUT2D eigenvalue weighted by molar-refractivity contribution is -0.121. The first-order valence-electron chi connectivity index (χ1n) is 22.5. The van der Waals surface area contributed by atoms with Gasteiger partial charge in [0.15, 0.2) is 0 Å². The van der Waals surface area contributed by atoms with Crippen molar-refractivity contribution in [3.8, 4) is 28.4 Å². The number of aryl methyl sites for hydroxylation is 1. The molecular formula is C49H60N6O7. The number of aromatic nitrogens is 2. The lowest BCUT2D eigenvalue weighted by atomic mass is 9.61. The van der Waals surface area contributed by atoms with Gasteiger partial charge in [0.2, 0.25) is 5.91 Å². The Morgan fingerprint density at radius 2 is 1.66 bits per heavy atom. The molecule has 5 heterocycles. The van der Waals surface area contributed by atoms with Crippen molar-refractivity contribution in [2.45, 2.75) is 95.4 Å². The van der Waals surface area contributed by atoms with Crippen molar-refractivity contribution in [3.63, 3.8) is 0 Å². The second kappa shape index (κ2) is 17.5. The van der Waals surface area contributed by atoms with E-state index < -0.39 is 6.04 Å². The van der Waals surface area contributed by atoms with Gasteiger partial charge in [0.25, 0.3) is 11.5 Å². The summed E-state index contributed by atoms with van der Waals surface area (Å²) in [5.41, 5.74) is 5.79. The monoisotopic (exact) mass is 844 g/mol. The van der Waals surface area contributed by atoms with Crippen LogP contribution in [0.1, 0.15) is 97.3 Å². The van der Waals surface area contributed by atoms with Gasteiger partial charge in [-0.25, -0.2) is 0 Å². The molecular weight excluding hydrogens is 785 g/mol. The third-order valence-electron chi connectivity index (χ3n) is 14.6. The summed E-state index contributed by atoms with van der Waals surface area (Å²) in [6.45, 7) is 6.56. The number of hydrogen-bond acceptors (Lipinski definition) is 10. The molecule has 62 heavy (non-hydrogen) atoms. The SMILES string of the molecule is CNC(=O)CCC(C=O)N1Cc2ccc(OC3CC4(CCN(CC5CCN(Cc6c(OC)cc(-c7cn(C)c(=O)c8cnc(C9CC9)cc78)cc6OC)CC5)CC4)C3)cc2C1=O. The number of pyridine rings is 2. The van der Waals surface area contributed by atoms with E-state index in [1.807, 2.05) is 24.4 Å². The molecule has 0 bridgehead atoms. The lowest BCUT2D eigenvalue weighted by Gasteiger charge is -2.52. The fourth-order valence-electron chi connectivity index (χ4n) is 10.6. The highest BCUT2D eigenvalue weighted by Gasteiger charge is 2.47. The van der Waals surface area contributed by atoms with E-state index in [2.05, 4.69) is 38.3 Å². The Hall–Kier alpha value is -5.27. The number of nitrogens with zero attached hydrogens (tertiary/aromatic N) is 5. The Morgan fingerprint density at radius 3 is 2.32 bits per heavy atom. The summed E-state index contributed by atoms with van der Waals surface area (Å²) in [4.78, 5) is 61.4. The number of rotatable bonds is 15. The van der Waals surface area contributed by atoms with Crippen LogP contribution in [-0.4, -0.2) is 108 Å². The molecule has 13 nitrogen and oxygen atoms in total. The van der Waals surface area contributed by atoms with Crippen LogP contribution in [0.25, 0.3) is 21.9 Å². The van der Waals surface area contributed by atoms with Crippen LogP contribution < -0.4 is 25.1 Å². The van der Waals surface area contributed by atoms with Crippen LogP contribution in [0.3, 0.4) is 0 Å². The second-order valence-corrected chi connectivity index (χ2v) is 18.6. The summed E-state index contributed by atoms with van der Waals surface area (Å²) < 4.78 is 20.1. The number of methoxy groups -OCH3 is 2. The number of nitrogens with one attached hydrogen (secondary N) is 1. The van der Waals surface area contributed by atoms with Gasteiger partial charge in [-0.05, 0) is 142 Å². The number of aldehydes is 1. The standard InChI is InChI=1S/C49H60N6O7/c1-50-46(57)10-8-35(30-56)55-27-33-7-9-36(21-38(33)48(55)59)62-37-23-49(24-37)13-17-54(18-14-49)26-31-11-15-53(16-12-31)29-42-44(60-3)19-34(20-45(42)61-4)41-28-52(2)47(58)40-25-51-43(22-39(40)41)32-5-6-32/h7,9,19-22,25,28,30-32,35,37H,5-6,8,10-18,23-24,26-27,29H2,1-4H3,(H,50,57). The third-order valence-corrected chi connectivity index (χ3v) is 14.6. The number of ether oxygens (including phenoxy) is 3. The number of likely N-dealkylation sites (tertiary alicyclic amines) is 2. The minimum atomic E-state index is -0.632. The predicted octanol–water partition coefficient (Wildman–Crippen LogP) is 6.08. The maximum Gasteiger partial charge on any atom is 0.259 e. The molecule has 1 atom stereocenters. The Balaban J connectivity index is 0.751. The molecule has 1 N–H and O–H groups in total. The van der Waals surface area contributed by atoms with Crippen molar-refractivity contribution >= 4 is 28.9 Å². The first kappa shape index (κ1) is 42.1. The van der Waals surface area contributed by atoms with E-state index in [0.29, 0.717) is 46.9 Å². The first-order valence-corrected chi connectivity index (χ1v) is 22.5. The molecule has 3 aliphatic heterocycles. The van der Waals surface area contributed by atoms with Crippen LogP contribution in [0, 0.1) is 11.3 Å². The highest BCUT2D eigenvalue weighted by molar-refractivity contribution is 6.00. The van der Waals surface area contributed by atoms with Crippen LogP contribution in [0.15, 0.2) is 53.6 Å². The smallest absolute Gasteiger partial charge is 0.259 e. The molecule has 2 saturated heterocycles. The van der Waals surface area contributed by atoms with E-state index in [1.54, 1.807) is 44.0 Å². The molecule has 2 amide bonds. The largest absolute Gasteiger partial charge is 0.496 e. The predicted molar refractivity (Wildman–Crippen MR) is 237 cm³/mol. The molecule has 328 valence electrons. The molecule has 1 spiro atoms. The highest BCUT2D eigenvalue weighted by atomic mass is 16.5. The van der Waals surface area contributed by atoms with Crippen LogP contribution in [0.4, 0.5) is 0 Å². The normalized spacial score (nSPS) is 19.9. The van der Waals surface area contributed by atoms with Gasteiger partial charge < -0.3 is 38.7 Å². The van der Waals surface area contributed by atoms with Crippen LogP contribution >= 0.6 is 0 Å². The molecule has 13 heteroatoms. The Labute approximate surface area is 363 Å². The summed E-state index contributed by atoms with van der Waals surface area (Å²) in [6.07, 6.45) is 14.1. The van der Waals surface area contributed by atoms with E-state index in [9.17, 15) is 19.2 Å². The molecule has 5 aliphatic rings. The van der Waals surface area contributed by atoms with Crippen molar-refractivity contribution in [2.75, 3.05) is 54.0 Å². The van der Waals surface area contributed by atoms with Gasteiger partial charge in [-0.1, -0.05) is 6.07 Å². The number of carbonyl (C=O) groups is 3. The van der Waals surface area contributed by atoms with Crippen molar-refractivity contribution in [2.24, 2.45) is 18.4 Å². The topological polar surface area (TPSA) is 136 Å². The van der Waals surface area contributed by atoms with Crippen molar-refractivity contribution in [1.82, 2.24) is 29.6 Å². The number of fused-ring (bicyclic) bond motifs is 2. The number of hydrogen-bond donors (Lipinski definition) is 1. The fraction of sp³-hybridized carbons (Fsp3) is 0.531. The first-order chi connectivity index (χ1) is 30.1. The van der Waals surface area contributed by atoms with Gasteiger partial charge in [-0.3, -0.25) is 24.3 Å². The van der Waals surface area contributed by atoms with Gasteiger partial charge in [0.05, 0.1) is 37.3 Å². The summed E-state index contributed by atoms with van der Waals surface area (Å²) in [7, 11) is 6.80. The van der Waals surface area contributed by atoms with Gasteiger partial charge >= 0.3 is 0 Å². The Kier molecular flexibility index (Phi) is 11.9. The summed E-state index contributed by atoms with van der Waals surface area (Å²) in [5, 5.41) is 4.11. The average Bonchev–Trinajstić information content (AvgIpc) is 4.09. The van der Waals surface area contributed by atoms with E-state index in [0.717, 1.165) is 129 Å². The zero-order valence-electron chi connectivity index (χ0n) is 36.6. The summed E-state index contributed by atoms with van der Waals surface area (Å²) in [6, 6.07) is 11.4. The summed E-state index contributed by atoms with van der Waals surface area (Å²) >= 11 is 0. The van der Waals surface area contributed by atoms with Gasteiger partial charge in [0, 0.05) is 75.3 Å².